The van der Waals surface area contributed by atoms with Gasteiger partial charge in [-0.25, -0.2) is 0 Å². The Labute approximate surface area is 142 Å². The third kappa shape index (κ3) is 110. The molecule has 10 heavy (non-hydrogen) atoms. The van der Waals surface area contributed by atoms with E-state index in [1.807, 2.05) is 20.3 Å². The van der Waals surface area contributed by atoms with Gasteiger partial charge in [0.1, 0.15) is 0 Å². The van der Waals surface area contributed by atoms with Crippen LogP contribution in [0.15, 0.2) is 0 Å². The first-order valence-electron chi connectivity index (χ1n) is 2.72. The van der Waals surface area contributed by atoms with Crippen LogP contribution >= 0.6 is 0 Å². The minimum Gasteiger partial charge on any atom is -0.341 e. The van der Waals surface area contributed by atoms with Crippen molar-refractivity contribution >= 4 is 0 Å². The summed E-state index contributed by atoms with van der Waals surface area (Å²) in [7, 11) is 0. The Hall–Kier alpha value is 3.31. The van der Waals surface area contributed by atoms with Crippen molar-refractivity contribution in [3.05, 3.63) is 13.3 Å². The van der Waals surface area contributed by atoms with Gasteiger partial charge < -0.3 is 13.3 Å². The summed E-state index contributed by atoms with van der Waals surface area (Å²) in [6.45, 7) is 11.8. The van der Waals surface area contributed by atoms with Gasteiger partial charge in [-0.05, 0) is 0 Å². The molecule has 0 aliphatic heterocycles. The molecule has 0 aromatic carbocycles. The van der Waals surface area contributed by atoms with Crippen LogP contribution in [0.1, 0.15) is 27.7 Å². The molecule has 0 bridgehead atoms. The molecule has 0 amide bonds. The van der Waals surface area contributed by atoms with Gasteiger partial charge in [-0.2, -0.15) is 19.8 Å². The molecule has 0 saturated heterocycles. The Morgan fingerprint density at radius 2 is 1.00 bits per heavy atom. The quantitative estimate of drug-likeness (QED) is 0.578. The molecule has 0 rings (SSSR count). The second-order valence-electron chi connectivity index (χ2n) is 1.97. The molecule has 0 N–H and O–H groups in total. The molecule has 55 valence electrons. The zero-order valence-corrected chi connectivity index (χ0v) is 16.1. The molecule has 0 heterocycles. The zero-order valence-electron chi connectivity index (χ0n) is 7.59. The molecule has 0 aliphatic carbocycles. The minimum absolute atomic E-state index is 0. The van der Waals surface area contributed by atoms with Crippen LogP contribution in [-0.2, 0) is 98.1 Å². The van der Waals surface area contributed by atoms with Crippen molar-refractivity contribution < 1.29 is 98.1 Å². The van der Waals surface area contributed by atoms with E-state index in [-0.39, 0.29) is 98.1 Å². The van der Waals surface area contributed by atoms with E-state index in [0.717, 1.165) is 0 Å². The van der Waals surface area contributed by atoms with Crippen molar-refractivity contribution in [1.29, 1.82) is 0 Å². The van der Waals surface area contributed by atoms with Crippen molar-refractivity contribution in [3.63, 3.8) is 0 Å². The van der Waals surface area contributed by atoms with Crippen molar-refractivity contribution in [2.75, 3.05) is 0 Å². The van der Waals surface area contributed by atoms with E-state index in [9.17, 15) is 0 Å². The van der Waals surface area contributed by atoms with Gasteiger partial charge in [0, 0.05) is 98.1 Å². The summed E-state index contributed by atoms with van der Waals surface area (Å²) >= 11 is 0. The van der Waals surface area contributed by atoms with Crippen molar-refractivity contribution in [3.8, 4) is 0 Å². The van der Waals surface area contributed by atoms with Gasteiger partial charge in [0.15, 0.2) is 0 Å². The molecule has 0 atom stereocenters. The molecule has 3 heteroatoms. The van der Waals surface area contributed by atoms with Crippen LogP contribution in [0.4, 0.5) is 0 Å². The molecule has 0 aliphatic rings. The van der Waals surface area contributed by atoms with E-state index < -0.39 is 0 Å². The van der Waals surface area contributed by atoms with E-state index in [2.05, 4.69) is 20.8 Å². The summed E-state index contributed by atoms with van der Waals surface area (Å²) in [4.78, 5) is 0. The smallest absolute Gasteiger partial charge is 0 e. The molecular formula is C7H16Y3-2. The van der Waals surface area contributed by atoms with E-state index in [1.165, 1.54) is 0 Å². The summed E-state index contributed by atoms with van der Waals surface area (Å²) in [5.41, 5.74) is 0. The van der Waals surface area contributed by atoms with Crippen molar-refractivity contribution in [2.24, 2.45) is 5.92 Å². The maximum absolute atomic E-state index is 3.64. The maximum atomic E-state index is 3.64. The molecule has 0 aromatic rings. The Morgan fingerprint density at radius 1 is 1.00 bits per heavy atom. The molecule has 0 aromatic heterocycles. The SMILES string of the molecule is C[CH-]C.[CH2-]C(C)C.[Y].[Y].[Y]. The fraction of sp³-hybridized carbons (Fsp3) is 0.714. The molecule has 0 saturated carbocycles. The summed E-state index contributed by atoms with van der Waals surface area (Å²) in [5.74, 6) is 0.583. The van der Waals surface area contributed by atoms with E-state index in [1.54, 1.807) is 0 Å². The normalized spacial score (nSPS) is 5.40. The van der Waals surface area contributed by atoms with Crippen LogP contribution in [0.2, 0.25) is 0 Å². The minimum atomic E-state index is 0. The second-order valence-corrected chi connectivity index (χ2v) is 1.97. The van der Waals surface area contributed by atoms with E-state index in [0.29, 0.717) is 5.92 Å². The van der Waals surface area contributed by atoms with Gasteiger partial charge in [-0.15, -0.1) is 0 Å². The second kappa shape index (κ2) is 29.5. The van der Waals surface area contributed by atoms with Crippen molar-refractivity contribution in [1.82, 2.24) is 0 Å². The Balaban J connectivity index is -0.0000000131. The molecule has 0 unspecified atom stereocenters. The van der Waals surface area contributed by atoms with Crippen LogP contribution in [0.5, 0.6) is 0 Å². The van der Waals surface area contributed by atoms with E-state index >= 15 is 0 Å². The molecule has 0 nitrogen and oxygen atoms in total. The first-order chi connectivity index (χ1) is 3.15. The molecular weight excluding hydrogens is 351 g/mol. The van der Waals surface area contributed by atoms with Gasteiger partial charge in [-0.3, -0.25) is 0 Å². The van der Waals surface area contributed by atoms with Crippen molar-refractivity contribution in [2.45, 2.75) is 27.7 Å². The zero-order chi connectivity index (χ0) is 6.28. The Bertz CT molecular complexity index is 20.1. The average Bonchev–Trinajstić information content (AvgIpc) is 1.33. The van der Waals surface area contributed by atoms with Crippen LogP contribution in [0, 0.1) is 19.3 Å². The predicted octanol–water partition coefficient (Wildman–Crippen LogP) is 2.70. The van der Waals surface area contributed by atoms with Gasteiger partial charge in [-0.1, -0.05) is 13.8 Å². The Morgan fingerprint density at radius 3 is 1.00 bits per heavy atom. The van der Waals surface area contributed by atoms with Crippen LogP contribution < -0.4 is 0 Å². The maximum Gasteiger partial charge on any atom is 0 e. The van der Waals surface area contributed by atoms with Crippen LogP contribution in [-0.4, -0.2) is 0 Å². The average molecular weight is 367 g/mol. The fourth-order valence-electron chi connectivity index (χ4n) is 0. The monoisotopic (exact) mass is 367 g/mol. The summed E-state index contributed by atoms with van der Waals surface area (Å²) in [6.07, 6.45) is 2.00. The third-order valence-corrected chi connectivity index (χ3v) is 0. The van der Waals surface area contributed by atoms with Gasteiger partial charge in [0.25, 0.3) is 0 Å². The van der Waals surface area contributed by atoms with Crippen LogP contribution in [0.3, 0.4) is 0 Å². The fourth-order valence-corrected chi connectivity index (χ4v) is 0. The molecule has 0 fully saturated rings. The number of hydrogen-bond donors (Lipinski definition) is 0. The summed E-state index contributed by atoms with van der Waals surface area (Å²) in [6, 6.07) is 0. The first-order valence-corrected chi connectivity index (χ1v) is 2.72. The largest absolute Gasteiger partial charge is 0.341 e. The standard InChI is InChI=1S/C4H9.C3H7.3Y/c1-4(2)3;1-3-2;;;/h4H,1H2,2-3H3;3H,1-2H3;;;/q2*-1;;;. The Kier molecular flexibility index (Phi) is 86.1. The van der Waals surface area contributed by atoms with Gasteiger partial charge >= 0.3 is 0 Å². The number of rotatable bonds is 0. The molecule has 0 spiro atoms. The predicted molar refractivity (Wildman–Crippen MR) is 35.8 cm³/mol. The molecule has 3 radical (unpaired) electrons. The first kappa shape index (κ1) is 29.2. The van der Waals surface area contributed by atoms with Gasteiger partial charge in [0.2, 0.25) is 0 Å². The summed E-state index contributed by atoms with van der Waals surface area (Å²) in [5, 5.41) is 0. The van der Waals surface area contributed by atoms with Gasteiger partial charge in [0.05, 0.1) is 0 Å². The number of hydrogen-bond acceptors (Lipinski definition) is 0. The van der Waals surface area contributed by atoms with E-state index in [4.69, 9.17) is 0 Å². The third-order valence-electron chi connectivity index (χ3n) is 0. The topological polar surface area (TPSA) is 0 Å². The summed E-state index contributed by atoms with van der Waals surface area (Å²) < 4.78 is 0. The van der Waals surface area contributed by atoms with Crippen LogP contribution in [0.25, 0.3) is 0 Å².